The summed E-state index contributed by atoms with van der Waals surface area (Å²) in [5, 5.41) is 3.32. The fourth-order valence-electron chi connectivity index (χ4n) is 6.03. The van der Waals surface area contributed by atoms with Crippen LogP contribution >= 0.6 is 0 Å². The maximum Gasteiger partial charge on any atom is 0.255 e. The zero-order chi connectivity index (χ0) is 26.4. The highest BCUT2D eigenvalue weighted by Crippen LogP contribution is 2.47. The van der Waals surface area contributed by atoms with Crippen molar-refractivity contribution in [2.24, 2.45) is 11.8 Å². The van der Waals surface area contributed by atoms with Crippen molar-refractivity contribution < 1.29 is 14.0 Å². The van der Waals surface area contributed by atoms with E-state index in [9.17, 15) is 9.59 Å². The maximum absolute atomic E-state index is 16.3. The van der Waals surface area contributed by atoms with Crippen LogP contribution < -0.4 is 11.1 Å². The van der Waals surface area contributed by atoms with E-state index >= 15 is 4.39 Å². The number of nitrogens with zero attached hydrogens (tertiary/aromatic N) is 4. The molecule has 38 heavy (non-hydrogen) atoms. The third-order valence-corrected chi connectivity index (χ3v) is 7.80. The molecule has 0 bridgehead atoms. The van der Waals surface area contributed by atoms with Gasteiger partial charge in [-0.15, -0.1) is 0 Å². The monoisotopic (exact) mass is 510 g/mol. The van der Waals surface area contributed by atoms with Gasteiger partial charge >= 0.3 is 0 Å². The molecule has 2 atom stereocenters. The molecule has 2 amide bonds. The lowest BCUT2D eigenvalue weighted by Crippen LogP contribution is -2.28. The smallest absolute Gasteiger partial charge is 0.255 e. The number of nitrogens with one attached hydrogen (secondary N) is 1. The first-order valence-electron chi connectivity index (χ1n) is 12.6. The van der Waals surface area contributed by atoms with Crippen LogP contribution in [0.3, 0.4) is 0 Å². The fourth-order valence-corrected chi connectivity index (χ4v) is 6.03. The second-order valence-corrected chi connectivity index (χ2v) is 9.98. The molecule has 6 rings (SSSR count). The molecule has 2 aromatic carbocycles. The number of carbonyl (C=O) groups is 2. The Labute approximate surface area is 219 Å². The minimum Gasteiger partial charge on any atom is -0.383 e. The highest BCUT2D eigenvalue weighted by atomic mass is 19.1. The quantitative estimate of drug-likeness (QED) is 0.380. The van der Waals surface area contributed by atoms with Gasteiger partial charge < -0.3 is 16.0 Å². The van der Waals surface area contributed by atoms with Crippen LogP contribution in [-0.2, 0) is 4.79 Å². The minimum absolute atomic E-state index is 0.0581. The van der Waals surface area contributed by atoms with Crippen molar-refractivity contribution in [2.75, 3.05) is 24.1 Å². The molecule has 0 spiro atoms. The number of para-hydroxylation sites is 1. The van der Waals surface area contributed by atoms with Crippen molar-refractivity contribution in [3.8, 4) is 11.1 Å². The number of amides is 2. The number of aromatic nitrogens is 3. The number of rotatable bonds is 5. The molecule has 8 nitrogen and oxygen atoms in total. The van der Waals surface area contributed by atoms with Gasteiger partial charge in [-0.1, -0.05) is 36.9 Å². The third-order valence-electron chi connectivity index (χ3n) is 7.80. The van der Waals surface area contributed by atoms with Crippen molar-refractivity contribution in [3.05, 3.63) is 85.1 Å². The van der Waals surface area contributed by atoms with Gasteiger partial charge in [0.25, 0.3) is 5.91 Å². The number of nitrogen functional groups attached to an aromatic ring is 1. The summed E-state index contributed by atoms with van der Waals surface area (Å²) in [7, 11) is 0. The highest BCUT2D eigenvalue weighted by molar-refractivity contribution is 6.05. The lowest BCUT2D eigenvalue weighted by atomic mass is 10.0. The molecule has 2 aliphatic rings. The number of hydrogen-bond donors (Lipinski definition) is 2. The number of fused-ring (bicyclic) bond motifs is 2. The molecular weight excluding hydrogens is 483 g/mol. The first-order chi connectivity index (χ1) is 18.4. The van der Waals surface area contributed by atoms with Crippen LogP contribution in [0, 0.1) is 17.8 Å². The van der Waals surface area contributed by atoms with E-state index in [1.54, 1.807) is 28.8 Å². The van der Waals surface area contributed by atoms with Crippen molar-refractivity contribution in [3.63, 3.8) is 0 Å². The van der Waals surface area contributed by atoms with E-state index < -0.39 is 5.95 Å². The topological polar surface area (TPSA) is 106 Å². The molecule has 192 valence electrons. The van der Waals surface area contributed by atoms with Gasteiger partial charge in [-0.25, -0.2) is 9.97 Å². The molecule has 1 aliphatic heterocycles. The number of hydrogen-bond acceptors (Lipinski definition) is 5. The number of anilines is 2. The second-order valence-electron chi connectivity index (χ2n) is 9.98. The first-order valence-corrected chi connectivity index (χ1v) is 12.6. The summed E-state index contributed by atoms with van der Waals surface area (Å²) < 4.78 is 17.9. The fraction of sp³-hybridized carbons (Fsp3) is 0.241. The van der Waals surface area contributed by atoms with Crippen LogP contribution in [0.1, 0.15) is 29.2 Å². The van der Waals surface area contributed by atoms with Gasteiger partial charge in [-0.3, -0.25) is 14.2 Å². The van der Waals surface area contributed by atoms with E-state index in [0.29, 0.717) is 58.3 Å². The summed E-state index contributed by atoms with van der Waals surface area (Å²) in [6.45, 7) is 4.90. The summed E-state index contributed by atoms with van der Waals surface area (Å²) >= 11 is 0. The van der Waals surface area contributed by atoms with Crippen LogP contribution in [0.4, 0.5) is 15.9 Å². The Kier molecular flexibility index (Phi) is 5.90. The van der Waals surface area contributed by atoms with Crippen LogP contribution in [0.5, 0.6) is 0 Å². The van der Waals surface area contributed by atoms with E-state index in [-0.39, 0.29) is 23.7 Å². The predicted molar refractivity (Wildman–Crippen MR) is 144 cm³/mol. The summed E-state index contributed by atoms with van der Waals surface area (Å²) in [5.41, 5.74) is 8.77. The Morgan fingerprint density at radius 3 is 2.37 bits per heavy atom. The molecule has 1 saturated carbocycles. The van der Waals surface area contributed by atoms with Gasteiger partial charge in [0.05, 0.1) is 5.39 Å². The van der Waals surface area contributed by atoms with E-state index in [0.717, 1.165) is 12.8 Å². The van der Waals surface area contributed by atoms with Gasteiger partial charge in [0.2, 0.25) is 11.9 Å². The van der Waals surface area contributed by atoms with E-state index in [1.807, 2.05) is 35.2 Å². The van der Waals surface area contributed by atoms with Crippen molar-refractivity contribution in [1.82, 2.24) is 19.4 Å². The SMILES string of the molecule is C=CC(=O)N1CC2CC(n3c(F)c(-c4ccc(C(=O)Nc5ccccc5)cc4)c4c(N)ncnc43)CC2C1. The summed E-state index contributed by atoms with van der Waals surface area (Å²) in [4.78, 5) is 35.1. The van der Waals surface area contributed by atoms with Gasteiger partial charge in [-0.05, 0) is 60.6 Å². The lowest BCUT2D eigenvalue weighted by molar-refractivity contribution is -0.125. The second kappa shape index (κ2) is 9.41. The predicted octanol–water partition coefficient (Wildman–Crippen LogP) is 4.67. The molecule has 3 N–H and O–H groups in total. The number of benzene rings is 2. The third kappa shape index (κ3) is 4.00. The largest absolute Gasteiger partial charge is 0.383 e. The molecule has 1 saturated heterocycles. The van der Waals surface area contributed by atoms with Crippen LogP contribution in [0.15, 0.2) is 73.6 Å². The first kappa shape index (κ1) is 23.8. The molecule has 1 aliphatic carbocycles. The highest BCUT2D eigenvalue weighted by Gasteiger charge is 2.44. The molecule has 3 heterocycles. The van der Waals surface area contributed by atoms with Crippen LogP contribution in [-0.4, -0.2) is 44.3 Å². The van der Waals surface area contributed by atoms with E-state index in [2.05, 4.69) is 21.9 Å². The van der Waals surface area contributed by atoms with Crippen LogP contribution in [0.25, 0.3) is 22.2 Å². The molecule has 2 aromatic heterocycles. The molecule has 9 heteroatoms. The molecular formula is C29H27FN6O2. The van der Waals surface area contributed by atoms with Crippen LogP contribution in [0.2, 0.25) is 0 Å². The Morgan fingerprint density at radius 2 is 1.71 bits per heavy atom. The number of carbonyl (C=O) groups excluding carboxylic acids is 2. The van der Waals surface area contributed by atoms with Crippen molar-refractivity contribution in [2.45, 2.75) is 18.9 Å². The normalized spacial score (nSPS) is 20.4. The van der Waals surface area contributed by atoms with E-state index in [1.165, 1.54) is 12.4 Å². The zero-order valence-corrected chi connectivity index (χ0v) is 20.7. The molecule has 0 radical (unpaired) electrons. The standard InChI is InChI=1S/C29H27FN6O2/c1-2-23(37)35-14-19-12-22(13-20(19)15-35)36-26(30)24(25-27(31)32-16-33-28(25)36)17-8-10-18(11-9-17)29(38)34-21-6-4-3-5-7-21/h2-11,16,19-20,22H,1,12-15H2,(H,34,38)(H2,31,32,33). The molecule has 4 aromatic rings. The number of likely N-dealkylation sites (tertiary alicyclic amines) is 1. The average Bonchev–Trinajstić information content (AvgIpc) is 3.59. The number of nitrogens with two attached hydrogens (primary N) is 1. The Hall–Kier alpha value is -4.53. The Balaban J connectivity index is 1.31. The Bertz CT molecular complexity index is 1540. The zero-order valence-electron chi connectivity index (χ0n) is 20.7. The van der Waals surface area contributed by atoms with Crippen molar-refractivity contribution >= 4 is 34.4 Å². The van der Waals surface area contributed by atoms with Crippen molar-refractivity contribution in [1.29, 1.82) is 0 Å². The molecule has 2 unspecified atom stereocenters. The summed E-state index contributed by atoms with van der Waals surface area (Å²) in [5.74, 6) is 0.0657. The van der Waals surface area contributed by atoms with Gasteiger partial charge in [0.15, 0.2) is 0 Å². The average molecular weight is 511 g/mol. The summed E-state index contributed by atoms with van der Waals surface area (Å²) in [6.07, 6.45) is 4.19. The minimum atomic E-state index is -0.419. The molecule has 2 fully saturated rings. The van der Waals surface area contributed by atoms with Gasteiger partial charge in [0, 0.05) is 35.9 Å². The Morgan fingerprint density at radius 1 is 1.03 bits per heavy atom. The van der Waals surface area contributed by atoms with Gasteiger partial charge in [0.1, 0.15) is 17.8 Å². The summed E-state index contributed by atoms with van der Waals surface area (Å²) in [6, 6.07) is 15.9. The number of halogens is 1. The van der Waals surface area contributed by atoms with E-state index in [4.69, 9.17) is 5.73 Å². The van der Waals surface area contributed by atoms with Gasteiger partial charge in [-0.2, -0.15) is 4.39 Å². The maximum atomic E-state index is 16.3. The lowest BCUT2D eigenvalue weighted by Gasteiger charge is -2.19.